The number of carbonyl (C=O) groups is 4. The molecule has 0 aliphatic carbocycles. The largest absolute Gasteiger partial charge is 0.478 e. The molecule has 4 N–H and O–H groups in total. The van der Waals surface area contributed by atoms with E-state index >= 15 is 9.59 Å². The van der Waals surface area contributed by atoms with Crippen LogP contribution in [0.15, 0.2) is 252 Å². The number of carboxylic acid groups (broad SMARTS) is 2. The molecule has 0 fully saturated rings. The van der Waals surface area contributed by atoms with Gasteiger partial charge in [-0.2, -0.15) is 0 Å². The van der Waals surface area contributed by atoms with Gasteiger partial charge < -0.3 is 20.8 Å². The Bertz CT molecular complexity index is 4590. The van der Waals surface area contributed by atoms with Crippen molar-refractivity contribution in [3.05, 3.63) is 274 Å². The molecule has 13 rings (SSSR count). The summed E-state index contributed by atoms with van der Waals surface area (Å²) in [5.74, 6) is -3.60. The van der Waals surface area contributed by atoms with Crippen LogP contribution in [0, 0.1) is 0 Å². The lowest BCUT2D eigenvalue weighted by molar-refractivity contribution is 0.0695. The summed E-state index contributed by atoms with van der Waals surface area (Å²) in [6, 6.07) is 78.1. The highest BCUT2D eigenvalue weighted by Gasteiger charge is 2.30. The van der Waals surface area contributed by atoms with Crippen LogP contribution in [0.25, 0.3) is 110 Å². The molecule has 82 heavy (non-hydrogen) atoms. The Morgan fingerprint density at radius 2 is 0.585 bits per heavy atom. The van der Waals surface area contributed by atoms with Crippen LogP contribution in [0.4, 0.5) is 11.4 Å². The first kappa shape index (κ1) is 51.4. The minimum absolute atomic E-state index is 0.0508. The van der Waals surface area contributed by atoms with Crippen molar-refractivity contribution in [2.45, 2.75) is 0 Å². The second-order valence-corrected chi connectivity index (χ2v) is 21.7. The van der Waals surface area contributed by atoms with Gasteiger partial charge in [0.05, 0.1) is 11.1 Å². The summed E-state index contributed by atoms with van der Waals surface area (Å²) < 4.78 is 0.846. The molecule has 0 aliphatic rings. The van der Waals surface area contributed by atoms with Crippen molar-refractivity contribution >= 4 is 110 Å². The summed E-state index contributed by atoms with van der Waals surface area (Å²) in [7, 11) is 0. The molecule has 0 aromatic heterocycles. The summed E-state index contributed by atoms with van der Waals surface area (Å²) >= 11 is 7.59. The van der Waals surface area contributed by atoms with Crippen molar-refractivity contribution in [3.8, 4) is 66.8 Å². The molecule has 0 aliphatic heterocycles. The Balaban J connectivity index is 1.06. The summed E-state index contributed by atoms with van der Waals surface area (Å²) in [4.78, 5) is 57.5. The number of halogens is 2. The van der Waals surface area contributed by atoms with E-state index in [0.717, 1.165) is 66.8 Å². The molecular weight excluding hydrogens is 1150 g/mol. The van der Waals surface area contributed by atoms with Crippen LogP contribution in [0.5, 0.6) is 0 Å². The van der Waals surface area contributed by atoms with E-state index < -0.39 is 23.8 Å². The van der Waals surface area contributed by atoms with E-state index in [9.17, 15) is 19.8 Å². The van der Waals surface area contributed by atoms with Crippen molar-refractivity contribution in [1.82, 2.24) is 0 Å². The minimum atomic E-state index is -1.30. The smallest absolute Gasteiger partial charge is 0.336 e. The Morgan fingerprint density at radius 3 is 0.927 bits per heavy atom. The Kier molecular flexibility index (Phi) is 13.3. The van der Waals surface area contributed by atoms with E-state index in [-0.39, 0.29) is 27.6 Å². The summed E-state index contributed by atoms with van der Waals surface area (Å²) in [5, 5.41) is 31.1. The molecule has 0 bridgehead atoms. The van der Waals surface area contributed by atoms with Gasteiger partial charge in [-0.15, -0.1) is 0 Å². The predicted octanol–water partition coefficient (Wildman–Crippen LogP) is 19.2. The van der Waals surface area contributed by atoms with E-state index in [2.05, 4.69) is 66.8 Å². The first-order valence-electron chi connectivity index (χ1n) is 26.4. The van der Waals surface area contributed by atoms with Crippen LogP contribution in [0.1, 0.15) is 41.4 Å². The first-order chi connectivity index (χ1) is 40.0. The summed E-state index contributed by atoms with van der Waals surface area (Å²) in [6.45, 7) is 0. The number of anilines is 2. The number of carbonyl (C=O) groups excluding carboxylic acids is 2. The molecule has 0 spiro atoms. The molecule has 2 amide bonds. The molecule has 0 heterocycles. The van der Waals surface area contributed by atoms with Crippen LogP contribution in [-0.4, -0.2) is 34.0 Å². The lowest BCUT2D eigenvalue weighted by atomic mass is 9.84. The number of hydrogen-bond acceptors (Lipinski definition) is 4. The van der Waals surface area contributed by atoms with E-state index in [1.54, 1.807) is 24.3 Å². The van der Waals surface area contributed by atoms with Gasteiger partial charge in [0, 0.05) is 63.8 Å². The molecule has 8 nitrogen and oxygen atoms in total. The van der Waals surface area contributed by atoms with Crippen molar-refractivity contribution in [1.29, 1.82) is 0 Å². The molecule has 13 aromatic carbocycles. The summed E-state index contributed by atoms with van der Waals surface area (Å²) in [5.41, 5.74) is 12.3. The monoisotopic (exact) mass is 1190 g/mol. The normalized spacial score (nSPS) is 11.3. The second-order valence-electron chi connectivity index (χ2n) is 20.0. The molecule has 0 unspecified atom stereocenters. The minimum Gasteiger partial charge on any atom is -0.478 e. The maximum atomic E-state index is 15.8. The molecule has 0 radical (unpaired) electrons. The predicted molar refractivity (Wildman–Crippen MR) is 338 cm³/mol. The molecule has 0 saturated carbocycles. The van der Waals surface area contributed by atoms with Gasteiger partial charge in [-0.3, -0.25) is 9.59 Å². The van der Waals surface area contributed by atoms with E-state index in [4.69, 9.17) is 0 Å². The van der Waals surface area contributed by atoms with Gasteiger partial charge >= 0.3 is 11.9 Å². The maximum Gasteiger partial charge on any atom is 0.336 e. The molecule has 392 valence electrons. The van der Waals surface area contributed by atoms with Crippen LogP contribution in [-0.2, 0) is 0 Å². The van der Waals surface area contributed by atoms with E-state index in [1.807, 2.05) is 182 Å². The molecule has 0 atom stereocenters. The highest BCUT2D eigenvalue weighted by Crippen LogP contribution is 2.50. The highest BCUT2D eigenvalue weighted by atomic mass is 79.9. The zero-order valence-electron chi connectivity index (χ0n) is 43.4. The number of nitrogens with one attached hydrogen (secondary N) is 2. The third-order valence-electron chi connectivity index (χ3n) is 15.2. The van der Waals surface area contributed by atoms with Gasteiger partial charge in [-0.1, -0.05) is 226 Å². The fourth-order valence-electron chi connectivity index (χ4n) is 11.8. The topological polar surface area (TPSA) is 133 Å². The van der Waals surface area contributed by atoms with Crippen LogP contribution in [0.2, 0.25) is 0 Å². The van der Waals surface area contributed by atoms with Gasteiger partial charge in [0.2, 0.25) is 0 Å². The standard InChI is InChI=1S/C72H44Br2N2O6/c73-59-39-57(70(78)76-48-37-55(43-23-11-3-12-24-43)62(46-29-17-6-18-30-46)56(38-48)44-25-13-4-14-26-44)63-51(33-31-49-66-60(74)40-58(72(81)82)64-52(71(79)80)34-32-50(68(64)66)65(59)67(49)63)69(77)75-47-35-53(41-19-7-1-8-20-41)61(45-27-15-5-16-28-45)54(36-47)42-21-9-2-10-22-42/h1-40H,(H,75,77)(H,76,78)(H,79,80)(H,81,82). The summed E-state index contributed by atoms with van der Waals surface area (Å²) in [6.07, 6.45) is 0. The average Bonchev–Trinajstić information content (AvgIpc) is 1.26. The van der Waals surface area contributed by atoms with Crippen molar-refractivity contribution in [3.63, 3.8) is 0 Å². The Hall–Kier alpha value is -10.0. The number of hydrogen-bond donors (Lipinski definition) is 4. The second kappa shape index (κ2) is 21.2. The van der Waals surface area contributed by atoms with Crippen LogP contribution < -0.4 is 10.6 Å². The van der Waals surface area contributed by atoms with Gasteiger partial charge in [-0.05, 0) is 126 Å². The quantitative estimate of drug-likeness (QED) is 0.0711. The molecule has 13 aromatic rings. The Labute approximate surface area is 487 Å². The number of carboxylic acids is 2. The van der Waals surface area contributed by atoms with E-state index in [0.29, 0.717) is 58.0 Å². The van der Waals surface area contributed by atoms with Crippen LogP contribution >= 0.6 is 31.9 Å². The molecular formula is C72H44Br2N2O6. The fourth-order valence-corrected chi connectivity index (χ4v) is 13.0. The SMILES string of the molecule is O=C(O)c1ccc2c3c(Br)cc(C(=O)Nc4cc(-c5ccccc5)c(-c5ccccc5)c(-c5ccccc5)c4)c4c(C(=O)Nc5cc(-c6ccccc6)c(-c6ccccc6)c(-c6ccccc6)c5)ccc(c5c(Br)cc(C(=O)O)c1c25)c43. The average molecular weight is 1190 g/mol. The van der Waals surface area contributed by atoms with Crippen molar-refractivity contribution in [2.75, 3.05) is 10.6 Å². The maximum absolute atomic E-state index is 15.8. The highest BCUT2D eigenvalue weighted by molar-refractivity contribution is 9.11. The zero-order chi connectivity index (χ0) is 56.2. The van der Waals surface area contributed by atoms with Gasteiger partial charge in [0.25, 0.3) is 11.8 Å². The van der Waals surface area contributed by atoms with Gasteiger partial charge in [0.15, 0.2) is 0 Å². The number of rotatable bonds is 12. The zero-order valence-corrected chi connectivity index (χ0v) is 46.5. The Morgan fingerprint density at radius 1 is 0.293 bits per heavy atom. The number of amides is 2. The first-order valence-corrected chi connectivity index (χ1v) is 28.0. The third kappa shape index (κ3) is 9.04. The molecule has 10 heteroatoms. The van der Waals surface area contributed by atoms with Crippen LogP contribution in [0.3, 0.4) is 0 Å². The fraction of sp³-hybridized carbons (Fsp3) is 0. The lowest BCUT2D eigenvalue weighted by Crippen LogP contribution is -2.17. The number of aromatic carboxylic acids is 2. The van der Waals surface area contributed by atoms with Crippen molar-refractivity contribution < 1.29 is 29.4 Å². The number of benzene rings is 13. The van der Waals surface area contributed by atoms with Gasteiger partial charge in [-0.25, -0.2) is 9.59 Å². The molecule has 0 saturated heterocycles. The van der Waals surface area contributed by atoms with Crippen molar-refractivity contribution in [2.24, 2.45) is 0 Å². The third-order valence-corrected chi connectivity index (χ3v) is 16.5. The lowest BCUT2D eigenvalue weighted by Gasteiger charge is -2.22. The van der Waals surface area contributed by atoms with Gasteiger partial charge in [0.1, 0.15) is 0 Å². The number of fused-ring (bicyclic) bond motifs is 2. The van der Waals surface area contributed by atoms with E-state index in [1.165, 1.54) is 12.1 Å².